The summed E-state index contributed by atoms with van der Waals surface area (Å²) in [7, 11) is 0. The SMILES string of the molecule is CCN1C2CCC1CN(Cc1cnc(Cc3cc(-c4cc(F)c5nc(C)n(C(C)C)c5c4)c(F)cn3)nc1)C2.CCN1CC2CCC(C1)N2Cc1cnc(Cl)nc1.Cc1nc2c(F)cc(-c3cc(N)ncc3F)cc2n1C(C)C. The lowest BCUT2D eigenvalue weighted by Gasteiger charge is -2.40. The Balaban J connectivity index is 0.000000148. The summed E-state index contributed by atoms with van der Waals surface area (Å²) in [6.45, 7) is 24.9. The van der Waals surface area contributed by atoms with Crippen LogP contribution in [0.2, 0.25) is 5.28 Å². The third kappa shape index (κ3) is 12.0. The smallest absolute Gasteiger partial charge is 0.222 e. The molecule has 79 heavy (non-hydrogen) atoms. The van der Waals surface area contributed by atoms with Gasteiger partial charge in [-0.1, -0.05) is 13.8 Å². The van der Waals surface area contributed by atoms with E-state index in [9.17, 15) is 13.2 Å². The van der Waals surface area contributed by atoms with Crippen LogP contribution < -0.4 is 5.73 Å². The molecule has 0 aliphatic carbocycles. The lowest BCUT2D eigenvalue weighted by molar-refractivity contribution is 0.0640. The first-order chi connectivity index (χ1) is 37.9. The van der Waals surface area contributed by atoms with E-state index in [1.807, 2.05) is 75.5 Å². The van der Waals surface area contributed by atoms with Gasteiger partial charge in [-0.3, -0.25) is 19.7 Å². The first-order valence-electron chi connectivity index (χ1n) is 27.6. The number of nitrogens with zero attached hydrogens (tertiary/aromatic N) is 14. The quantitative estimate of drug-likeness (QED) is 0.0913. The Bertz CT molecular complexity index is 3410. The molecular weight excluding hydrogens is 1030 g/mol. The summed E-state index contributed by atoms with van der Waals surface area (Å²) in [6, 6.07) is 12.2. The van der Waals surface area contributed by atoms with Gasteiger partial charge in [0.15, 0.2) is 11.6 Å². The van der Waals surface area contributed by atoms with Crippen LogP contribution >= 0.6 is 11.6 Å². The molecule has 416 valence electrons. The van der Waals surface area contributed by atoms with Gasteiger partial charge >= 0.3 is 0 Å². The van der Waals surface area contributed by atoms with Crippen molar-refractivity contribution < 1.29 is 17.6 Å². The van der Waals surface area contributed by atoms with Crippen molar-refractivity contribution in [1.82, 2.24) is 68.6 Å². The number of aromatic nitrogens is 10. The number of hydrogen-bond donors (Lipinski definition) is 1. The van der Waals surface area contributed by atoms with E-state index in [2.05, 4.69) is 73.3 Å². The zero-order valence-corrected chi connectivity index (χ0v) is 47.1. The Morgan fingerprint density at radius 2 is 1.01 bits per heavy atom. The number of nitrogen functional groups attached to an aromatic ring is 1. The fraction of sp³-hybridized carbons (Fsp3) is 0.458. The van der Waals surface area contributed by atoms with Crippen LogP contribution in [0.3, 0.4) is 0 Å². The maximum atomic E-state index is 15.0. The monoisotopic (exact) mass is 1100 g/mol. The lowest BCUT2D eigenvalue weighted by Crippen LogP contribution is -2.53. The molecule has 4 fully saturated rings. The zero-order chi connectivity index (χ0) is 55.8. The highest BCUT2D eigenvalue weighted by atomic mass is 35.5. The highest BCUT2D eigenvalue weighted by molar-refractivity contribution is 6.28. The number of likely N-dealkylation sites (tertiary alicyclic amines) is 2. The van der Waals surface area contributed by atoms with Gasteiger partial charge in [0.1, 0.15) is 46.0 Å². The van der Waals surface area contributed by atoms with Crippen LogP contribution in [0, 0.1) is 37.1 Å². The molecule has 4 atom stereocenters. The van der Waals surface area contributed by atoms with Gasteiger partial charge < -0.3 is 19.8 Å². The van der Waals surface area contributed by atoms with Crippen LogP contribution in [-0.2, 0) is 19.5 Å². The number of benzene rings is 2. The predicted molar refractivity (Wildman–Crippen MR) is 301 cm³/mol. The van der Waals surface area contributed by atoms with E-state index < -0.39 is 23.3 Å². The molecule has 8 aromatic rings. The average Bonchev–Trinajstić information content (AvgIpc) is 4.17. The molecule has 4 aliphatic heterocycles. The summed E-state index contributed by atoms with van der Waals surface area (Å²) in [4.78, 5) is 44.3. The molecule has 10 heterocycles. The molecule has 15 nitrogen and oxygen atoms in total. The van der Waals surface area contributed by atoms with Crippen LogP contribution in [0.1, 0.15) is 114 Å². The molecule has 0 radical (unpaired) electrons. The van der Waals surface area contributed by atoms with Crippen molar-refractivity contribution in [3.63, 3.8) is 0 Å². The summed E-state index contributed by atoms with van der Waals surface area (Å²) in [5.74, 6) is 0.258. The molecule has 2 N–H and O–H groups in total. The minimum absolute atomic E-state index is 0.0960. The minimum Gasteiger partial charge on any atom is -0.384 e. The van der Waals surface area contributed by atoms with Gasteiger partial charge in [-0.15, -0.1) is 0 Å². The number of piperazine rings is 2. The van der Waals surface area contributed by atoms with Crippen LogP contribution in [0.15, 0.2) is 73.6 Å². The molecule has 4 bridgehead atoms. The van der Waals surface area contributed by atoms with E-state index >= 15 is 4.39 Å². The maximum absolute atomic E-state index is 15.0. The van der Waals surface area contributed by atoms with E-state index in [-0.39, 0.29) is 29.0 Å². The molecule has 4 unspecified atom stereocenters. The van der Waals surface area contributed by atoms with Gasteiger partial charge in [0.05, 0.1) is 29.8 Å². The van der Waals surface area contributed by atoms with Crippen LogP contribution in [-0.4, -0.2) is 132 Å². The Morgan fingerprint density at radius 1 is 0.544 bits per heavy atom. The first kappa shape index (κ1) is 55.8. The van der Waals surface area contributed by atoms with E-state index in [0.717, 1.165) is 56.1 Å². The molecule has 20 heteroatoms. The molecular formula is C59H70ClF4N15. The third-order valence-electron chi connectivity index (χ3n) is 16.1. The molecule has 6 aromatic heterocycles. The fourth-order valence-corrected chi connectivity index (χ4v) is 12.6. The van der Waals surface area contributed by atoms with Gasteiger partial charge in [0.25, 0.3) is 0 Å². The number of fused-ring (bicyclic) bond motifs is 6. The predicted octanol–water partition coefficient (Wildman–Crippen LogP) is 11.0. The Labute approximate surface area is 464 Å². The second-order valence-corrected chi connectivity index (χ2v) is 22.3. The van der Waals surface area contributed by atoms with Gasteiger partial charge in [-0.2, -0.15) is 0 Å². The standard InChI is InChI=1S/C30H35F2N7.C16H16F2N4.C13H19ClN4/c1-5-38-23-6-7-24(38)17-37(16-23)15-20-12-34-29(35-13-20)11-22-10-25(27(32)14-33-22)21-8-26(31)30-28(9-21)39(18(2)3)19(4)36-30;1-8(2)22-9(3)21-16-12(17)4-10(5-14(16)22)11-6-15(19)20-7-13(11)18;1-2-17-8-11-3-4-12(9-17)18(11)7-10-5-15-13(14)16-6-10/h8-10,12-14,18,23-24H,5-7,11,15-17H2,1-4H3;4-8H,1-3H3,(H2,19,20);5-6,11-12H,2-4,7-9H2,1H3. The Hall–Kier alpha value is -6.51. The third-order valence-corrected chi connectivity index (χ3v) is 16.3. The number of aryl methyl sites for hydroxylation is 2. The van der Waals surface area contributed by atoms with Gasteiger partial charge in [-0.05, 0) is 139 Å². The topological polar surface area (TPSA) is 152 Å². The molecule has 12 rings (SSSR count). The molecule has 4 aliphatic rings. The normalized spacial score (nSPS) is 19.6. The summed E-state index contributed by atoms with van der Waals surface area (Å²) < 4.78 is 62.2. The number of imidazole rings is 2. The maximum Gasteiger partial charge on any atom is 0.222 e. The lowest BCUT2D eigenvalue weighted by atomic mass is 10.0. The summed E-state index contributed by atoms with van der Waals surface area (Å²) in [5.41, 5.74) is 11.8. The number of rotatable bonds is 12. The van der Waals surface area contributed by atoms with Crippen molar-refractivity contribution in [2.75, 3.05) is 45.0 Å². The van der Waals surface area contributed by atoms with E-state index in [0.29, 0.717) is 80.6 Å². The van der Waals surface area contributed by atoms with Crippen molar-refractivity contribution in [3.8, 4) is 22.3 Å². The van der Waals surface area contributed by atoms with Crippen molar-refractivity contribution >= 4 is 39.5 Å². The van der Waals surface area contributed by atoms with E-state index in [1.165, 1.54) is 75.3 Å². The molecule has 2 aromatic carbocycles. The van der Waals surface area contributed by atoms with Crippen molar-refractivity contribution in [2.24, 2.45) is 0 Å². The highest BCUT2D eigenvalue weighted by Gasteiger charge is 2.40. The van der Waals surface area contributed by atoms with E-state index in [4.69, 9.17) is 17.3 Å². The zero-order valence-electron chi connectivity index (χ0n) is 46.3. The van der Waals surface area contributed by atoms with Gasteiger partial charge in [-0.25, -0.2) is 52.4 Å². The van der Waals surface area contributed by atoms with Gasteiger partial charge in [0.2, 0.25) is 5.28 Å². The minimum atomic E-state index is -0.541. The molecule has 0 saturated carbocycles. The summed E-state index contributed by atoms with van der Waals surface area (Å²) in [6.07, 6.45) is 15.3. The number of hydrogen-bond acceptors (Lipinski definition) is 13. The van der Waals surface area contributed by atoms with E-state index in [1.54, 1.807) is 18.2 Å². The van der Waals surface area contributed by atoms with Crippen molar-refractivity contribution in [2.45, 2.75) is 137 Å². The number of pyridine rings is 2. The average molecular weight is 1100 g/mol. The first-order valence-corrected chi connectivity index (χ1v) is 28.0. The second kappa shape index (κ2) is 23.7. The Morgan fingerprint density at radius 3 is 1.52 bits per heavy atom. The number of anilines is 1. The molecule has 0 spiro atoms. The van der Waals surface area contributed by atoms with Crippen LogP contribution in [0.5, 0.6) is 0 Å². The number of nitrogens with two attached hydrogens (primary N) is 1. The van der Waals surface area contributed by atoms with Crippen molar-refractivity contribution in [3.05, 3.63) is 136 Å². The Kier molecular flexibility index (Phi) is 16.7. The van der Waals surface area contributed by atoms with Crippen LogP contribution in [0.4, 0.5) is 23.4 Å². The van der Waals surface area contributed by atoms with Gasteiger partial charge in [0, 0.05) is 128 Å². The number of likely N-dealkylation sites (N-methyl/N-ethyl adjacent to an activating group) is 2. The van der Waals surface area contributed by atoms with Crippen LogP contribution in [0.25, 0.3) is 44.3 Å². The molecule has 4 saturated heterocycles. The van der Waals surface area contributed by atoms with Crippen molar-refractivity contribution in [1.29, 1.82) is 0 Å². The summed E-state index contributed by atoms with van der Waals surface area (Å²) in [5, 5.41) is 0.331. The molecule has 0 amide bonds. The summed E-state index contributed by atoms with van der Waals surface area (Å²) >= 11 is 5.72. The fourth-order valence-electron chi connectivity index (χ4n) is 12.6. The largest absolute Gasteiger partial charge is 0.384 e. The number of halogens is 5. The highest BCUT2D eigenvalue weighted by Crippen LogP contribution is 2.35. The second-order valence-electron chi connectivity index (χ2n) is 22.0.